The van der Waals surface area contributed by atoms with Gasteiger partial charge in [-0.3, -0.25) is 24.6 Å². The molecule has 0 bridgehead atoms. The van der Waals surface area contributed by atoms with E-state index >= 15 is 0 Å². The molecule has 0 aromatic carbocycles. The van der Waals surface area contributed by atoms with Crippen LogP contribution in [0.5, 0.6) is 0 Å². The van der Waals surface area contributed by atoms with Crippen LogP contribution in [0.15, 0.2) is 64.7 Å². The molecule has 0 amide bonds. The third-order valence-corrected chi connectivity index (χ3v) is 5.07. The Morgan fingerprint density at radius 3 is 2.64 bits per heavy atom. The van der Waals surface area contributed by atoms with Gasteiger partial charge < -0.3 is 4.57 Å². The van der Waals surface area contributed by atoms with Gasteiger partial charge in [-0.15, -0.1) is 0 Å². The molecule has 1 aliphatic heterocycles. The number of rotatable bonds is 3. The Morgan fingerprint density at radius 2 is 1.89 bits per heavy atom. The maximum Gasteiger partial charge on any atom is 0.261 e. The van der Waals surface area contributed by atoms with Crippen molar-refractivity contribution in [3.63, 3.8) is 0 Å². The van der Waals surface area contributed by atoms with E-state index in [0.717, 1.165) is 18.5 Å². The predicted octanol–water partition coefficient (Wildman–Crippen LogP) is 1.15. The summed E-state index contributed by atoms with van der Waals surface area (Å²) in [5, 5.41) is 0.881. The maximum absolute atomic E-state index is 13.0. The summed E-state index contributed by atoms with van der Waals surface area (Å²) in [7, 11) is 0. The first-order valence-corrected chi connectivity index (χ1v) is 9.13. The second kappa shape index (κ2) is 6.66. The van der Waals surface area contributed by atoms with Gasteiger partial charge in [0.25, 0.3) is 11.1 Å². The van der Waals surface area contributed by atoms with E-state index in [9.17, 15) is 9.59 Å². The molecule has 8 heteroatoms. The zero-order chi connectivity index (χ0) is 19.1. The van der Waals surface area contributed by atoms with E-state index in [1.54, 1.807) is 46.1 Å². The molecule has 4 aromatic rings. The molecule has 1 aliphatic rings. The van der Waals surface area contributed by atoms with E-state index in [2.05, 4.69) is 20.8 Å². The highest BCUT2D eigenvalue weighted by Gasteiger charge is 2.18. The van der Waals surface area contributed by atoms with Gasteiger partial charge in [-0.25, -0.2) is 10.4 Å². The summed E-state index contributed by atoms with van der Waals surface area (Å²) >= 11 is 0. The van der Waals surface area contributed by atoms with Gasteiger partial charge in [-0.05, 0) is 36.2 Å². The first-order chi connectivity index (χ1) is 13.7. The second-order valence-electron chi connectivity index (χ2n) is 6.87. The molecule has 140 valence electrons. The lowest BCUT2D eigenvalue weighted by atomic mass is 10.1. The monoisotopic (exact) mass is 374 g/mol. The fourth-order valence-electron chi connectivity index (χ4n) is 3.62. The molecular weight excluding hydrogens is 356 g/mol. The molecule has 5 heterocycles. The van der Waals surface area contributed by atoms with Crippen molar-refractivity contribution >= 4 is 21.8 Å². The standard InChI is InChI=1S/C20H18N6O2/c27-19-14-10-15-17(5-9-26(20(15)28)18-3-7-22-24-18)23-16(14)4-8-25(19)12-13-2-1-6-21-11-13/h1-2,4-6,8-11,18,22,24H,3,7,12H2. The first-order valence-electron chi connectivity index (χ1n) is 9.13. The van der Waals surface area contributed by atoms with Gasteiger partial charge in [-0.1, -0.05) is 6.07 Å². The smallest absolute Gasteiger partial charge is 0.261 e. The van der Waals surface area contributed by atoms with E-state index in [-0.39, 0.29) is 17.3 Å². The highest BCUT2D eigenvalue weighted by molar-refractivity contribution is 5.91. The van der Waals surface area contributed by atoms with Crippen molar-refractivity contribution in [2.45, 2.75) is 19.1 Å². The van der Waals surface area contributed by atoms with Gasteiger partial charge >= 0.3 is 0 Å². The Hall–Kier alpha value is -3.36. The number of aromatic nitrogens is 4. The first kappa shape index (κ1) is 16.8. The van der Waals surface area contributed by atoms with Crippen LogP contribution < -0.4 is 22.0 Å². The molecule has 28 heavy (non-hydrogen) atoms. The van der Waals surface area contributed by atoms with Crippen molar-refractivity contribution in [3.8, 4) is 0 Å². The topological polar surface area (TPSA) is 93.8 Å². The molecule has 1 unspecified atom stereocenters. The van der Waals surface area contributed by atoms with Gasteiger partial charge in [0.15, 0.2) is 0 Å². The molecule has 2 N–H and O–H groups in total. The van der Waals surface area contributed by atoms with Crippen LogP contribution in [0.4, 0.5) is 0 Å². The SMILES string of the molecule is O=c1c2cc3c(=O)n(C4CCNN4)ccc3nc2ccn1Cc1cccnc1. The number of hydrogen-bond donors (Lipinski definition) is 2. The minimum Gasteiger partial charge on any atom is -0.310 e. The number of fused-ring (bicyclic) bond motifs is 2. The van der Waals surface area contributed by atoms with Crippen LogP contribution in [0.2, 0.25) is 0 Å². The van der Waals surface area contributed by atoms with Gasteiger partial charge in [0.2, 0.25) is 0 Å². The van der Waals surface area contributed by atoms with Crippen molar-refractivity contribution in [3.05, 3.63) is 81.4 Å². The highest BCUT2D eigenvalue weighted by atomic mass is 16.1. The molecule has 0 saturated carbocycles. The van der Waals surface area contributed by atoms with Gasteiger partial charge in [0.1, 0.15) is 6.17 Å². The lowest BCUT2D eigenvalue weighted by molar-refractivity contribution is 0.432. The van der Waals surface area contributed by atoms with Crippen LogP contribution in [0, 0.1) is 0 Å². The fourth-order valence-corrected chi connectivity index (χ4v) is 3.62. The number of nitrogens with one attached hydrogen (secondary N) is 2. The van der Waals surface area contributed by atoms with Crippen molar-refractivity contribution in [2.24, 2.45) is 0 Å². The normalized spacial score (nSPS) is 16.8. The molecule has 4 aromatic heterocycles. The average molecular weight is 374 g/mol. The highest BCUT2D eigenvalue weighted by Crippen LogP contribution is 2.16. The minimum atomic E-state index is -0.175. The van der Waals surface area contributed by atoms with E-state index in [4.69, 9.17) is 0 Å². The van der Waals surface area contributed by atoms with Gasteiger partial charge in [-0.2, -0.15) is 0 Å². The number of hydrogen-bond acceptors (Lipinski definition) is 6. The lowest BCUT2D eigenvalue weighted by Crippen LogP contribution is -2.34. The fraction of sp³-hybridized carbons (Fsp3) is 0.200. The van der Waals surface area contributed by atoms with Crippen LogP contribution in [0.3, 0.4) is 0 Å². The summed E-state index contributed by atoms with van der Waals surface area (Å²) in [6.45, 7) is 1.21. The largest absolute Gasteiger partial charge is 0.310 e. The third kappa shape index (κ3) is 2.79. The summed E-state index contributed by atoms with van der Waals surface area (Å²) in [4.78, 5) is 34.6. The van der Waals surface area contributed by atoms with Crippen LogP contribution >= 0.6 is 0 Å². The summed E-state index contributed by atoms with van der Waals surface area (Å²) in [6, 6.07) is 9.05. The van der Waals surface area contributed by atoms with Crippen LogP contribution in [-0.4, -0.2) is 25.6 Å². The van der Waals surface area contributed by atoms with E-state index in [0.29, 0.717) is 28.4 Å². The van der Waals surface area contributed by atoms with E-state index in [1.165, 1.54) is 0 Å². The summed E-state index contributed by atoms with van der Waals surface area (Å²) in [5.41, 5.74) is 7.88. The molecule has 1 saturated heterocycles. The van der Waals surface area contributed by atoms with E-state index in [1.807, 2.05) is 18.2 Å². The van der Waals surface area contributed by atoms with Crippen molar-refractivity contribution in [1.29, 1.82) is 0 Å². The molecule has 1 fully saturated rings. The van der Waals surface area contributed by atoms with E-state index < -0.39 is 0 Å². The van der Waals surface area contributed by atoms with Crippen molar-refractivity contribution < 1.29 is 0 Å². The number of pyridine rings is 4. The Balaban J connectivity index is 1.66. The average Bonchev–Trinajstić information content (AvgIpc) is 3.25. The quantitative estimate of drug-likeness (QED) is 0.523. The zero-order valence-electron chi connectivity index (χ0n) is 15.0. The molecule has 5 rings (SSSR count). The van der Waals surface area contributed by atoms with Gasteiger partial charge in [0.05, 0.1) is 28.4 Å². The Bertz CT molecular complexity index is 1290. The number of nitrogens with zero attached hydrogens (tertiary/aromatic N) is 4. The van der Waals surface area contributed by atoms with Crippen LogP contribution in [0.25, 0.3) is 21.8 Å². The molecule has 0 aliphatic carbocycles. The molecule has 0 spiro atoms. The van der Waals surface area contributed by atoms with Crippen LogP contribution in [-0.2, 0) is 6.54 Å². The Kier molecular flexibility index (Phi) is 4.00. The maximum atomic E-state index is 13.0. The molecule has 8 nitrogen and oxygen atoms in total. The summed E-state index contributed by atoms with van der Waals surface area (Å²) in [6.07, 6.45) is 7.61. The Morgan fingerprint density at radius 1 is 1.07 bits per heavy atom. The van der Waals surface area contributed by atoms with Crippen LogP contribution in [0.1, 0.15) is 18.2 Å². The lowest BCUT2D eigenvalue weighted by Gasteiger charge is -2.14. The third-order valence-electron chi connectivity index (χ3n) is 5.07. The zero-order valence-corrected chi connectivity index (χ0v) is 15.0. The predicted molar refractivity (Wildman–Crippen MR) is 106 cm³/mol. The summed E-state index contributed by atoms with van der Waals surface area (Å²) < 4.78 is 3.25. The van der Waals surface area contributed by atoms with Crippen molar-refractivity contribution in [2.75, 3.05) is 6.54 Å². The minimum absolute atomic E-state index is 0.106. The van der Waals surface area contributed by atoms with Crippen molar-refractivity contribution in [1.82, 2.24) is 30.0 Å². The molecular formula is C20H18N6O2. The summed E-state index contributed by atoms with van der Waals surface area (Å²) in [5.74, 6) is 0. The van der Waals surface area contributed by atoms with Gasteiger partial charge in [0, 0.05) is 31.3 Å². The second-order valence-corrected chi connectivity index (χ2v) is 6.87. The Labute approximate surface area is 159 Å². The molecule has 1 atom stereocenters. The molecule has 0 radical (unpaired) electrons. The number of hydrazine groups is 1.